The van der Waals surface area contributed by atoms with Crippen LogP contribution in [0.5, 0.6) is 0 Å². The summed E-state index contributed by atoms with van der Waals surface area (Å²) >= 11 is 0. The van der Waals surface area contributed by atoms with Crippen molar-refractivity contribution >= 4 is 0 Å². The fraction of sp³-hybridized carbons (Fsp3) is 0.765. The molecule has 0 spiro atoms. The molecule has 0 heterocycles. The lowest BCUT2D eigenvalue weighted by molar-refractivity contribution is 0.0101. The van der Waals surface area contributed by atoms with Gasteiger partial charge in [-0.2, -0.15) is 0 Å². The van der Waals surface area contributed by atoms with E-state index >= 15 is 0 Å². The number of rotatable bonds is 8. The molecule has 0 aliphatic rings. The fourth-order valence-electron chi connectivity index (χ4n) is 2.71. The summed E-state index contributed by atoms with van der Waals surface area (Å²) in [7, 11) is 1.67. The van der Waals surface area contributed by atoms with Gasteiger partial charge in [0.05, 0.1) is 12.2 Å². The summed E-state index contributed by atoms with van der Waals surface area (Å²) in [5.41, 5.74) is 2.16. The van der Waals surface area contributed by atoms with Gasteiger partial charge in [-0.15, -0.1) is 0 Å². The van der Waals surface area contributed by atoms with Crippen LogP contribution in [0.15, 0.2) is 23.3 Å². The third kappa shape index (κ3) is 6.21. The van der Waals surface area contributed by atoms with Gasteiger partial charge in [0.1, 0.15) is 0 Å². The number of allylic oxidation sites excluding steroid dienone is 1. The lowest BCUT2D eigenvalue weighted by Gasteiger charge is -2.27. The zero-order valence-corrected chi connectivity index (χ0v) is 14.1. The maximum absolute atomic E-state index is 10.3. The van der Waals surface area contributed by atoms with E-state index in [1.54, 1.807) is 7.11 Å². The maximum Gasteiger partial charge on any atom is 0.0807 e. The highest BCUT2D eigenvalue weighted by Gasteiger charge is 2.23. The largest absolute Gasteiger partial charge is 0.396 e. The Bertz CT molecular complexity index is 329. The van der Waals surface area contributed by atoms with Gasteiger partial charge in [-0.1, -0.05) is 38.5 Å². The van der Waals surface area contributed by atoms with Crippen molar-refractivity contribution in [3.8, 4) is 0 Å². The van der Waals surface area contributed by atoms with Crippen molar-refractivity contribution in [1.82, 2.24) is 0 Å². The minimum Gasteiger partial charge on any atom is -0.396 e. The minimum absolute atomic E-state index is 0.0408. The normalized spacial score (nSPS) is 19.9. The van der Waals surface area contributed by atoms with Crippen LogP contribution in [0, 0.1) is 17.8 Å². The summed E-state index contributed by atoms with van der Waals surface area (Å²) in [6.07, 6.45) is 3.62. The highest BCUT2D eigenvalue weighted by molar-refractivity contribution is 5.12. The zero-order valence-electron chi connectivity index (χ0n) is 14.1. The smallest absolute Gasteiger partial charge is 0.0807 e. The van der Waals surface area contributed by atoms with E-state index in [4.69, 9.17) is 4.74 Å². The molecule has 0 aromatic rings. The van der Waals surface area contributed by atoms with Crippen LogP contribution in [0.2, 0.25) is 0 Å². The van der Waals surface area contributed by atoms with Crippen LogP contribution in [-0.2, 0) is 4.74 Å². The van der Waals surface area contributed by atoms with Crippen LogP contribution in [-0.4, -0.2) is 36.1 Å². The zero-order chi connectivity index (χ0) is 15.9. The molecule has 0 aromatic heterocycles. The fourth-order valence-corrected chi connectivity index (χ4v) is 2.71. The standard InChI is InChI=1S/C17H32O3/c1-11(2)8-12(3)16(19)13(4)9-14(5)17(20-7)15(6)10-18/h8-9,12,14-19H,10H2,1-7H3/b13-9+/t12-,14-,15+,16-,17-/m0/s1. The van der Waals surface area contributed by atoms with Crippen LogP contribution in [0.1, 0.15) is 41.5 Å². The molecule has 2 N–H and O–H groups in total. The van der Waals surface area contributed by atoms with Crippen molar-refractivity contribution < 1.29 is 14.9 Å². The summed E-state index contributed by atoms with van der Waals surface area (Å²) in [5, 5.41) is 19.6. The predicted octanol–water partition coefficient (Wildman–Crippen LogP) is 3.18. The molecule has 0 saturated carbocycles. The first kappa shape index (κ1) is 19.4. The van der Waals surface area contributed by atoms with Crippen LogP contribution in [0.25, 0.3) is 0 Å². The number of methoxy groups -OCH3 is 1. The molecule has 0 aliphatic heterocycles. The van der Waals surface area contributed by atoms with E-state index in [0.29, 0.717) is 0 Å². The minimum atomic E-state index is -0.478. The molecular formula is C17H32O3. The monoisotopic (exact) mass is 284 g/mol. The first-order valence-electron chi connectivity index (χ1n) is 7.39. The Morgan fingerprint density at radius 3 is 2.00 bits per heavy atom. The van der Waals surface area contributed by atoms with Gasteiger partial charge in [0.2, 0.25) is 0 Å². The van der Waals surface area contributed by atoms with Crippen molar-refractivity contribution in [2.24, 2.45) is 17.8 Å². The average Bonchev–Trinajstić information content (AvgIpc) is 2.37. The molecule has 0 aliphatic carbocycles. The average molecular weight is 284 g/mol. The number of hydrogen-bond donors (Lipinski definition) is 2. The van der Waals surface area contributed by atoms with Gasteiger partial charge < -0.3 is 14.9 Å². The first-order valence-corrected chi connectivity index (χ1v) is 7.39. The Kier molecular flexibility index (Phi) is 9.03. The molecule has 0 unspecified atom stereocenters. The van der Waals surface area contributed by atoms with Crippen molar-refractivity contribution in [2.45, 2.75) is 53.8 Å². The third-order valence-electron chi connectivity index (χ3n) is 3.73. The Balaban J connectivity index is 4.89. The van der Waals surface area contributed by atoms with Crippen molar-refractivity contribution in [2.75, 3.05) is 13.7 Å². The number of aliphatic hydroxyl groups excluding tert-OH is 2. The first-order chi connectivity index (χ1) is 9.24. The molecule has 0 rings (SSSR count). The molecule has 0 radical (unpaired) electrons. The van der Waals surface area contributed by atoms with E-state index in [2.05, 4.69) is 19.1 Å². The van der Waals surface area contributed by atoms with Crippen molar-refractivity contribution in [3.05, 3.63) is 23.3 Å². The molecule has 0 bridgehead atoms. The second-order valence-corrected chi connectivity index (χ2v) is 6.18. The second-order valence-electron chi connectivity index (χ2n) is 6.18. The van der Waals surface area contributed by atoms with Gasteiger partial charge in [-0.25, -0.2) is 0 Å². The summed E-state index contributed by atoms with van der Waals surface area (Å²) in [4.78, 5) is 0. The van der Waals surface area contributed by atoms with E-state index in [-0.39, 0.29) is 30.5 Å². The quantitative estimate of drug-likeness (QED) is 0.673. The topological polar surface area (TPSA) is 49.7 Å². The van der Waals surface area contributed by atoms with Crippen molar-refractivity contribution in [3.63, 3.8) is 0 Å². The lowest BCUT2D eigenvalue weighted by Crippen LogP contribution is -2.30. The summed E-state index contributed by atoms with van der Waals surface area (Å²) in [6.45, 7) is 12.2. The van der Waals surface area contributed by atoms with Crippen LogP contribution in [0.3, 0.4) is 0 Å². The Morgan fingerprint density at radius 1 is 1.05 bits per heavy atom. The van der Waals surface area contributed by atoms with E-state index in [9.17, 15) is 10.2 Å². The molecule has 20 heavy (non-hydrogen) atoms. The second kappa shape index (κ2) is 9.32. The number of aliphatic hydroxyl groups is 2. The van der Waals surface area contributed by atoms with Gasteiger partial charge in [0.15, 0.2) is 0 Å². The van der Waals surface area contributed by atoms with Crippen LogP contribution in [0.4, 0.5) is 0 Å². The van der Waals surface area contributed by atoms with E-state index < -0.39 is 6.10 Å². The summed E-state index contributed by atoms with van der Waals surface area (Å²) < 4.78 is 5.47. The molecule has 118 valence electrons. The Morgan fingerprint density at radius 2 is 1.60 bits per heavy atom. The Hall–Kier alpha value is -0.640. The van der Waals surface area contributed by atoms with Gasteiger partial charge in [-0.3, -0.25) is 0 Å². The molecule has 0 saturated heterocycles. The molecular weight excluding hydrogens is 252 g/mol. The van der Waals surface area contributed by atoms with E-state index in [1.165, 1.54) is 5.57 Å². The highest BCUT2D eigenvalue weighted by Crippen LogP contribution is 2.22. The van der Waals surface area contributed by atoms with Gasteiger partial charge >= 0.3 is 0 Å². The lowest BCUT2D eigenvalue weighted by atomic mass is 9.89. The molecule has 5 atom stereocenters. The molecule has 0 fully saturated rings. The van der Waals surface area contributed by atoms with Crippen LogP contribution >= 0.6 is 0 Å². The van der Waals surface area contributed by atoms with Gasteiger partial charge in [-0.05, 0) is 26.3 Å². The molecule has 0 aromatic carbocycles. The van der Waals surface area contributed by atoms with E-state index in [0.717, 1.165) is 5.57 Å². The Labute approximate surface area is 124 Å². The summed E-state index contributed by atoms with van der Waals surface area (Å²) in [6, 6.07) is 0. The van der Waals surface area contributed by atoms with Gasteiger partial charge in [0.25, 0.3) is 0 Å². The molecule has 3 nitrogen and oxygen atoms in total. The van der Waals surface area contributed by atoms with Gasteiger partial charge in [0, 0.05) is 31.5 Å². The van der Waals surface area contributed by atoms with Crippen molar-refractivity contribution in [1.29, 1.82) is 0 Å². The third-order valence-corrected chi connectivity index (χ3v) is 3.73. The van der Waals surface area contributed by atoms with E-state index in [1.807, 2.05) is 34.6 Å². The predicted molar refractivity (Wildman–Crippen MR) is 84.6 cm³/mol. The number of hydrogen-bond acceptors (Lipinski definition) is 3. The number of ether oxygens (including phenoxy) is 1. The maximum atomic E-state index is 10.3. The summed E-state index contributed by atoms with van der Waals surface area (Å²) in [5.74, 6) is 0.321. The van der Waals surface area contributed by atoms with Crippen LogP contribution < -0.4 is 0 Å². The molecule has 3 heteroatoms. The molecule has 0 amide bonds. The SMILES string of the molecule is CO[C@H]([C@H](C)CO)[C@@H](C)/C=C(\C)[C@@H](O)[C@@H](C)C=C(C)C. The highest BCUT2D eigenvalue weighted by atomic mass is 16.5.